The van der Waals surface area contributed by atoms with Gasteiger partial charge in [-0.3, -0.25) is 4.90 Å². The van der Waals surface area contributed by atoms with Crippen molar-refractivity contribution in [3.63, 3.8) is 0 Å². The molecule has 1 aromatic carbocycles. The minimum Gasteiger partial charge on any atom is -0.477 e. The van der Waals surface area contributed by atoms with Gasteiger partial charge in [-0.05, 0) is 60.8 Å². The van der Waals surface area contributed by atoms with Crippen molar-refractivity contribution in [2.24, 2.45) is 4.36 Å². The van der Waals surface area contributed by atoms with Crippen LogP contribution < -0.4 is 10.6 Å². The second-order valence-corrected chi connectivity index (χ2v) is 10.4. The van der Waals surface area contributed by atoms with Crippen molar-refractivity contribution in [3.05, 3.63) is 38.9 Å². The quantitative estimate of drug-likeness (QED) is 0.371. The highest BCUT2D eigenvalue weighted by Crippen LogP contribution is 2.41. The number of nitrogens with zero attached hydrogens (tertiary/aromatic N) is 2. The normalized spacial score (nSPS) is 24.5. The summed E-state index contributed by atoms with van der Waals surface area (Å²) in [6.07, 6.45) is 5.60. The molecule has 0 radical (unpaired) electrons. The number of likely N-dealkylation sites (tertiary alicyclic amines) is 1. The van der Waals surface area contributed by atoms with Gasteiger partial charge < -0.3 is 25.5 Å². The number of nitrogens with one attached hydrogen (secondary N) is 3. The Hall–Kier alpha value is -2.50. The number of anilines is 1. The number of urea groups is 1. The van der Waals surface area contributed by atoms with Crippen molar-refractivity contribution in [3.8, 4) is 0 Å². The topological polar surface area (TPSA) is 116 Å². The Balaban J connectivity index is 1.30. The zero-order valence-corrected chi connectivity index (χ0v) is 20.1. The summed E-state index contributed by atoms with van der Waals surface area (Å²) in [7, 11) is -0.849. The summed E-state index contributed by atoms with van der Waals surface area (Å²) in [5.41, 5.74) is 3.70. The van der Waals surface area contributed by atoms with Crippen LogP contribution in [0.15, 0.2) is 15.2 Å². The van der Waals surface area contributed by atoms with Gasteiger partial charge in [-0.25, -0.2) is 13.4 Å². The number of methoxy groups -OCH3 is 1. The van der Waals surface area contributed by atoms with Gasteiger partial charge in [-0.1, -0.05) is 0 Å². The molecule has 2 fully saturated rings. The van der Waals surface area contributed by atoms with Crippen LogP contribution in [0.5, 0.6) is 0 Å². The van der Waals surface area contributed by atoms with Crippen LogP contribution in [0.4, 0.5) is 14.9 Å². The van der Waals surface area contributed by atoms with Crippen molar-refractivity contribution in [2.75, 3.05) is 38.7 Å². The van der Waals surface area contributed by atoms with Crippen LogP contribution in [0.3, 0.4) is 0 Å². The molecule has 1 aromatic rings. The van der Waals surface area contributed by atoms with Gasteiger partial charge in [0.25, 0.3) is 0 Å². The second kappa shape index (κ2) is 9.63. The number of allylic oxidation sites excluding steroid dienone is 1. The van der Waals surface area contributed by atoms with Crippen LogP contribution in [-0.4, -0.2) is 66.9 Å². The molecular formula is C23H30FN5O4S. The number of ether oxygens (including phenoxy) is 2. The number of carbonyl (C=O) groups is 1. The van der Waals surface area contributed by atoms with Crippen LogP contribution in [-0.2, 0) is 45.8 Å². The number of hydrogen-bond acceptors (Lipinski definition) is 7. The molecule has 3 N–H and O–H groups in total. The Labute approximate surface area is 199 Å². The molecular weight excluding hydrogens is 461 g/mol. The Bertz CT molecular complexity index is 1100. The Morgan fingerprint density at radius 3 is 2.44 bits per heavy atom. The van der Waals surface area contributed by atoms with Gasteiger partial charge in [0.15, 0.2) is 0 Å². The minimum absolute atomic E-state index is 0.0385. The third-order valence-electron chi connectivity index (χ3n) is 7.20. The number of rotatable bonds is 5. The smallest absolute Gasteiger partial charge is 0.353 e. The molecule has 2 atom stereocenters. The fourth-order valence-electron chi connectivity index (χ4n) is 5.33. The molecule has 0 spiro atoms. The summed E-state index contributed by atoms with van der Waals surface area (Å²) in [5.74, 6) is 0.0999. The third-order valence-corrected chi connectivity index (χ3v) is 8.31. The van der Waals surface area contributed by atoms with E-state index in [-0.39, 0.29) is 28.8 Å². The average Bonchev–Trinajstić information content (AvgIpc) is 3.48. The lowest BCUT2D eigenvalue weighted by Gasteiger charge is -2.45. The molecule has 11 heteroatoms. The first-order chi connectivity index (χ1) is 16.5. The molecule has 4 aliphatic rings. The van der Waals surface area contributed by atoms with Crippen LogP contribution >= 0.6 is 0 Å². The fourth-order valence-corrected chi connectivity index (χ4v) is 6.08. The molecule has 5 rings (SSSR count). The van der Waals surface area contributed by atoms with Crippen LogP contribution in [0.2, 0.25) is 0 Å². The van der Waals surface area contributed by atoms with E-state index in [0.29, 0.717) is 55.6 Å². The standard InChI is InChI=1S/C23H30FN5O4S/c1-32-14-10-29(11-14)13-9-26-22(33-12-13)19(8-25)34(31)28-23(30)27-21-17-6-2-4-15(17)20(24)16-5-3-7-18(16)21/h8,13-14,25-26,34H,2-7,9-12H2,1H3,(H,27,30)/b22-19-,25-8?/t13-/m0/s1. The second-order valence-electron chi connectivity index (χ2n) is 9.13. The number of thiol groups is 1. The SMILES string of the molecule is COC1CN([C@H]2CN/C(=C(C=N)/[SH](=O)=N/C(=O)Nc3c4c(c(F)c5c3CCC5)CCC4)OC2)C1. The van der Waals surface area contributed by atoms with Crippen molar-refractivity contribution in [2.45, 2.75) is 50.7 Å². The highest BCUT2D eigenvalue weighted by Gasteiger charge is 2.35. The predicted octanol–water partition coefficient (Wildman–Crippen LogP) is 2.14. The molecule has 9 nitrogen and oxygen atoms in total. The number of halogens is 1. The Morgan fingerprint density at radius 1 is 1.24 bits per heavy atom. The summed E-state index contributed by atoms with van der Waals surface area (Å²) >= 11 is 0. The molecule has 1 unspecified atom stereocenters. The maximum absolute atomic E-state index is 14.9. The zero-order valence-electron chi connectivity index (χ0n) is 19.2. The summed E-state index contributed by atoms with van der Waals surface area (Å²) in [4.78, 5) is 15.0. The van der Waals surface area contributed by atoms with Gasteiger partial charge in [-0.15, -0.1) is 4.36 Å². The van der Waals surface area contributed by atoms with E-state index in [1.54, 1.807) is 7.11 Å². The maximum Gasteiger partial charge on any atom is 0.353 e. The van der Waals surface area contributed by atoms with Gasteiger partial charge in [0, 0.05) is 38.6 Å². The Morgan fingerprint density at radius 2 is 1.88 bits per heavy atom. The van der Waals surface area contributed by atoms with Crippen LogP contribution in [0.25, 0.3) is 0 Å². The Kier molecular flexibility index (Phi) is 6.59. The lowest BCUT2D eigenvalue weighted by molar-refractivity contribution is -0.0705. The van der Waals surface area contributed by atoms with E-state index in [0.717, 1.165) is 43.3 Å². The van der Waals surface area contributed by atoms with Crippen molar-refractivity contribution < 1.29 is 22.9 Å². The van der Waals surface area contributed by atoms with Crippen molar-refractivity contribution >= 4 is 28.5 Å². The molecule has 2 saturated heterocycles. The van der Waals surface area contributed by atoms with E-state index in [1.807, 2.05) is 0 Å². The van der Waals surface area contributed by atoms with Gasteiger partial charge >= 0.3 is 6.03 Å². The molecule has 2 heterocycles. The summed E-state index contributed by atoms with van der Waals surface area (Å²) in [6.45, 7) is 2.64. The van der Waals surface area contributed by atoms with E-state index >= 15 is 0 Å². The molecule has 34 heavy (non-hydrogen) atoms. The summed E-state index contributed by atoms with van der Waals surface area (Å²) in [6, 6.07) is -0.598. The van der Waals surface area contributed by atoms with Gasteiger partial charge in [0.2, 0.25) is 5.88 Å². The molecule has 0 aromatic heterocycles. The molecule has 2 aliphatic carbocycles. The van der Waals surface area contributed by atoms with E-state index in [1.165, 1.54) is 0 Å². The number of hydrogen-bond donors (Lipinski definition) is 4. The van der Waals surface area contributed by atoms with Gasteiger partial charge in [0.1, 0.15) is 17.3 Å². The first-order valence-corrected chi connectivity index (χ1v) is 12.9. The van der Waals surface area contributed by atoms with E-state index < -0.39 is 16.6 Å². The number of carbonyl (C=O) groups excluding carboxylic acids is 1. The summed E-state index contributed by atoms with van der Waals surface area (Å²) < 4.78 is 42.6. The lowest BCUT2D eigenvalue weighted by atomic mass is 9.98. The molecule has 0 bridgehead atoms. The van der Waals surface area contributed by atoms with Crippen LogP contribution in [0.1, 0.15) is 35.1 Å². The zero-order chi connectivity index (χ0) is 23.8. The van der Waals surface area contributed by atoms with E-state index in [2.05, 4.69) is 19.9 Å². The molecule has 2 amide bonds. The number of benzene rings is 1. The average molecular weight is 492 g/mol. The third kappa shape index (κ3) is 4.20. The van der Waals surface area contributed by atoms with Gasteiger partial charge in [0.05, 0.1) is 22.7 Å². The highest BCUT2D eigenvalue weighted by molar-refractivity contribution is 7.80. The van der Waals surface area contributed by atoms with E-state index in [9.17, 15) is 13.4 Å². The summed E-state index contributed by atoms with van der Waals surface area (Å²) in [5, 5.41) is 13.6. The fraction of sp³-hybridized carbons (Fsp3) is 0.565. The number of amides is 2. The largest absolute Gasteiger partial charge is 0.477 e. The first kappa shape index (κ1) is 23.3. The lowest BCUT2D eigenvalue weighted by Crippen LogP contribution is -2.61. The van der Waals surface area contributed by atoms with Crippen molar-refractivity contribution in [1.82, 2.24) is 10.2 Å². The van der Waals surface area contributed by atoms with Crippen LogP contribution in [0, 0.1) is 11.2 Å². The molecule has 0 saturated carbocycles. The maximum atomic E-state index is 14.9. The molecule has 2 aliphatic heterocycles. The van der Waals surface area contributed by atoms with Crippen molar-refractivity contribution in [1.29, 1.82) is 5.41 Å². The van der Waals surface area contributed by atoms with E-state index in [4.69, 9.17) is 14.9 Å². The molecule has 184 valence electrons. The number of fused-ring (bicyclic) bond motifs is 2. The van der Waals surface area contributed by atoms with Gasteiger partial charge in [-0.2, -0.15) is 0 Å². The minimum atomic E-state index is -2.55. The predicted molar refractivity (Wildman–Crippen MR) is 127 cm³/mol. The monoisotopic (exact) mass is 491 g/mol. The highest BCUT2D eigenvalue weighted by atomic mass is 32.2. The first-order valence-electron chi connectivity index (χ1n) is 11.7.